The van der Waals surface area contributed by atoms with Crippen LogP contribution in [0.3, 0.4) is 0 Å². The van der Waals surface area contributed by atoms with Crippen LogP contribution < -0.4 is 5.32 Å². The first kappa shape index (κ1) is 20.5. The van der Waals surface area contributed by atoms with Crippen molar-refractivity contribution in [3.8, 4) is 0 Å². The fraction of sp³-hybridized carbons (Fsp3) is 0.571. The van der Waals surface area contributed by atoms with E-state index in [0.29, 0.717) is 25.2 Å². The maximum atomic E-state index is 12.3. The molecule has 2 heterocycles. The lowest BCUT2D eigenvalue weighted by molar-refractivity contribution is -0.116. The van der Waals surface area contributed by atoms with Crippen molar-refractivity contribution < 1.29 is 9.32 Å². The quantitative estimate of drug-likeness (QED) is 0.753. The van der Waals surface area contributed by atoms with Gasteiger partial charge in [0.2, 0.25) is 11.8 Å². The molecule has 1 fully saturated rings. The molecule has 1 N–H and O–H groups in total. The smallest absolute Gasteiger partial charge is 0.226 e. The van der Waals surface area contributed by atoms with E-state index < -0.39 is 0 Å². The molecule has 1 aliphatic rings. The first-order valence-corrected chi connectivity index (χ1v) is 10.1. The second-order valence-corrected chi connectivity index (χ2v) is 7.88. The topological polar surface area (TPSA) is 74.5 Å². The first-order valence-electron chi connectivity index (χ1n) is 10.1. The fourth-order valence-corrected chi connectivity index (χ4v) is 3.24. The Morgan fingerprint density at radius 1 is 1.25 bits per heavy atom. The molecule has 0 spiro atoms. The number of amides is 1. The van der Waals surface area contributed by atoms with E-state index in [-0.39, 0.29) is 11.8 Å². The normalized spacial score (nSPS) is 15.9. The van der Waals surface area contributed by atoms with Gasteiger partial charge in [0.25, 0.3) is 0 Å². The van der Waals surface area contributed by atoms with E-state index in [2.05, 4.69) is 44.4 Å². The van der Waals surface area contributed by atoms with Crippen molar-refractivity contribution in [2.45, 2.75) is 45.6 Å². The third-order valence-corrected chi connectivity index (χ3v) is 5.01. The number of anilines is 1. The van der Waals surface area contributed by atoms with Crippen LogP contribution in [-0.4, -0.2) is 59.1 Å². The number of carbonyl (C=O) groups excluding carboxylic acids is 1. The van der Waals surface area contributed by atoms with Gasteiger partial charge in [-0.1, -0.05) is 31.1 Å². The summed E-state index contributed by atoms with van der Waals surface area (Å²) in [4.78, 5) is 21.4. The Bertz CT molecular complexity index is 766. The Kier molecular flexibility index (Phi) is 7.17. The van der Waals surface area contributed by atoms with Gasteiger partial charge in [-0.3, -0.25) is 9.69 Å². The molecule has 7 heteroatoms. The fourth-order valence-electron chi connectivity index (χ4n) is 3.24. The Labute approximate surface area is 167 Å². The molecule has 1 aliphatic heterocycles. The van der Waals surface area contributed by atoms with Gasteiger partial charge in [0.1, 0.15) is 0 Å². The van der Waals surface area contributed by atoms with E-state index in [1.165, 1.54) is 5.56 Å². The first-order chi connectivity index (χ1) is 13.5. The molecule has 0 atom stereocenters. The summed E-state index contributed by atoms with van der Waals surface area (Å²) in [6.07, 6.45) is 1.74. The molecule has 0 aliphatic carbocycles. The molecule has 1 saturated heterocycles. The summed E-state index contributed by atoms with van der Waals surface area (Å²) < 4.78 is 5.22. The van der Waals surface area contributed by atoms with Crippen molar-refractivity contribution >= 4 is 11.6 Å². The number of rotatable bonds is 8. The van der Waals surface area contributed by atoms with Gasteiger partial charge >= 0.3 is 0 Å². The minimum atomic E-state index is 0.0142. The second-order valence-electron chi connectivity index (χ2n) is 7.88. The number of nitrogens with zero attached hydrogens (tertiary/aromatic N) is 4. The van der Waals surface area contributed by atoms with Gasteiger partial charge < -0.3 is 14.7 Å². The van der Waals surface area contributed by atoms with Crippen molar-refractivity contribution in [3.05, 3.63) is 41.5 Å². The lowest BCUT2D eigenvalue weighted by Crippen LogP contribution is -2.43. The largest absolute Gasteiger partial charge is 0.339 e. The van der Waals surface area contributed by atoms with Crippen LogP contribution in [0.4, 0.5) is 5.69 Å². The number of likely N-dealkylation sites (N-methyl/N-ethyl adjacent to an activating group) is 1. The van der Waals surface area contributed by atoms with Gasteiger partial charge in [-0.15, -0.1) is 0 Å². The third-order valence-electron chi connectivity index (χ3n) is 5.01. The summed E-state index contributed by atoms with van der Waals surface area (Å²) in [6, 6.07) is 8.14. The Hall–Kier alpha value is -2.25. The van der Waals surface area contributed by atoms with E-state index in [9.17, 15) is 4.79 Å². The van der Waals surface area contributed by atoms with Crippen LogP contribution in [0.1, 0.15) is 49.9 Å². The number of carbonyl (C=O) groups is 1. The predicted octanol–water partition coefficient (Wildman–Crippen LogP) is 2.90. The molecular formula is C21H31N5O2. The van der Waals surface area contributed by atoms with Crippen LogP contribution >= 0.6 is 0 Å². The molecule has 3 rings (SSSR count). The molecule has 1 aromatic heterocycles. The summed E-state index contributed by atoms with van der Waals surface area (Å²) in [6.45, 7) is 9.36. The van der Waals surface area contributed by atoms with Crippen LogP contribution in [0, 0.1) is 0 Å². The zero-order chi connectivity index (χ0) is 19.9. The second kappa shape index (κ2) is 9.80. The summed E-state index contributed by atoms with van der Waals surface area (Å²) in [5.41, 5.74) is 2.09. The maximum Gasteiger partial charge on any atom is 0.226 e. The molecule has 0 saturated carbocycles. The molecule has 152 valence electrons. The number of benzene rings is 1. The number of aryl methyl sites for hydroxylation is 1. The standard InChI is InChI=1S/C21H31N5O2/c1-16(2)21-23-20(28-24-21)9-5-8-19(27)22-18-7-4-6-17(14-18)15-26-12-10-25(3)11-13-26/h4,6-7,14,16H,5,8-13,15H2,1-3H3,(H,22,27). The highest BCUT2D eigenvalue weighted by Gasteiger charge is 2.14. The zero-order valence-electron chi connectivity index (χ0n) is 17.1. The molecule has 0 bridgehead atoms. The molecule has 28 heavy (non-hydrogen) atoms. The molecule has 2 aromatic rings. The van der Waals surface area contributed by atoms with Crippen LogP contribution in [0.2, 0.25) is 0 Å². The van der Waals surface area contributed by atoms with Gasteiger partial charge in [-0.25, -0.2) is 0 Å². The van der Waals surface area contributed by atoms with E-state index in [1.54, 1.807) is 0 Å². The number of aromatic nitrogens is 2. The van der Waals surface area contributed by atoms with Crippen LogP contribution in [-0.2, 0) is 17.8 Å². The Morgan fingerprint density at radius 2 is 2.04 bits per heavy atom. The van der Waals surface area contributed by atoms with Crippen molar-refractivity contribution in [3.63, 3.8) is 0 Å². The van der Waals surface area contributed by atoms with Gasteiger partial charge in [-0.05, 0) is 31.2 Å². The lowest BCUT2D eigenvalue weighted by atomic mass is 10.1. The highest BCUT2D eigenvalue weighted by Crippen LogP contribution is 2.15. The van der Waals surface area contributed by atoms with Crippen molar-refractivity contribution in [1.29, 1.82) is 0 Å². The van der Waals surface area contributed by atoms with Crippen LogP contribution in [0.25, 0.3) is 0 Å². The zero-order valence-corrected chi connectivity index (χ0v) is 17.1. The van der Waals surface area contributed by atoms with E-state index in [1.807, 2.05) is 26.0 Å². The maximum absolute atomic E-state index is 12.3. The summed E-state index contributed by atoms with van der Waals surface area (Å²) in [5, 5.41) is 6.95. The molecule has 1 amide bonds. The Balaban J connectivity index is 1.43. The Morgan fingerprint density at radius 3 is 2.75 bits per heavy atom. The summed E-state index contributed by atoms with van der Waals surface area (Å²) >= 11 is 0. The van der Waals surface area contributed by atoms with Gasteiger partial charge in [0, 0.05) is 57.2 Å². The van der Waals surface area contributed by atoms with Crippen LogP contribution in [0.15, 0.2) is 28.8 Å². The summed E-state index contributed by atoms with van der Waals surface area (Å²) in [7, 11) is 2.16. The average molecular weight is 386 g/mol. The average Bonchev–Trinajstić information content (AvgIpc) is 3.13. The minimum Gasteiger partial charge on any atom is -0.339 e. The monoisotopic (exact) mass is 385 g/mol. The number of piperazine rings is 1. The van der Waals surface area contributed by atoms with E-state index >= 15 is 0 Å². The van der Waals surface area contributed by atoms with E-state index in [4.69, 9.17) is 4.52 Å². The SMILES string of the molecule is CC(C)c1noc(CCCC(=O)Nc2cccc(CN3CCN(C)CC3)c2)n1. The highest BCUT2D eigenvalue weighted by molar-refractivity contribution is 5.90. The molecule has 1 aromatic carbocycles. The van der Waals surface area contributed by atoms with Gasteiger partial charge in [0.15, 0.2) is 5.82 Å². The van der Waals surface area contributed by atoms with Crippen molar-refractivity contribution in [2.75, 3.05) is 38.5 Å². The third kappa shape index (κ3) is 6.14. The van der Waals surface area contributed by atoms with E-state index in [0.717, 1.165) is 44.2 Å². The molecule has 7 nitrogen and oxygen atoms in total. The molecule has 0 radical (unpaired) electrons. The van der Waals surface area contributed by atoms with Gasteiger partial charge in [0.05, 0.1) is 0 Å². The number of nitrogens with one attached hydrogen (secondary N) is 1. The van der Waals surface area contributed by atoms with Gasteiger partial charge in [-0.2, -0.15) is 4.98 Å². The highest BCUT2D eigenvalue weighted by atomic mass is 16.5. The van der Waals surface area contributed by atoms with Crippen LogP contribution in [0.5, 0.6) is 0 Å². The number of hydrogen-bond acceptors (Lipinski definition) is 6. The molecule has 0 unspecified atom stereocenters. The van der Waals surface area contributed by atoms with Crippen molar-refractivity contribution in [1.82, 2.24) is 19.9 Å². The molecular weight excluding hydrogens is 354 g/mol. The van der Waals surface area contributed by atoms with Crippen molar-refractivity contribution in [2.24, 2.45) is 0 Å². The number of hydrogen-bond donors (Lipinski definition) is 1. The minimum absolute atomic E-state index is 0.0142. The predicted molar refractivity (Wildman–Crippen MR) is 109 cm³/mol. The lowest BCUT2D eigenvalue weighted by Gasteiger charge is -2.32. The summed E-state index contributed by atoms with van der Waals surface area (Å²) in [5.74, 6) is 1.58.